The number of sulfonamides is 1. The Bertz CT molecular complexity index is 934. The summed E-state index contributed by atoms with van der Waals surface area (Å²) < 4.78 is 33.2. The number of ether oxygens (including phenoxy) is 2. The molecule has 0 spiro atoms. The predicted molar refractivity (Wildman–Crippen MR) is 129 cm³/mol. The molecule has 4 N–H and O–H groups in total. The predicted octanol–water partition coefficient (Wildman–Crippen LogP) is 2.27. The molecule has 0 bridgehead atoms. The molecule has 2 aromatic carbocycles. The van der Waals surface area contributed by atoms with Gasteiger partial charge >= 0.3 is 0 Å². The molecule has 0 saturated heterocycles. The van der Waals surface area contributed by atoms with Crippen molar-refractivity contribution in [2.75, 3.05) is 27.3 Å². The van der Waals surface area contributed by atoms with Crippen molar-refractivity contribution in [3.63, 3.8) is 0 Å². The molecule has 0 radical (unpaired) electrons. The normalized spacial score (nSPS) is 11.4. The summed E-state index contributed by atoms with van der Waals surface area (Å²) in [4.78, 5) is 4.63. The van der Waals surface area contributed by atoms with E-state index in [4.69, 9.17) is 14.6 Å². The molecule has 2 aromatic rings. The van der Waals surface area contributed by atoms with Crippen LogP contribution in [0.1, 0.15) is 18.1 Å². The van der Waals surface area contributed by atoms with Gasteiger partial charge in [-0.25, -0.2) is 18.5 Å². The van der Waals surface area contributed by atoms with Crippen LogP contribution in [-0.4, -0.2) is 41.7 Å². The zero-order valence-corrected chi connectivity index (χ0v) is 20.5. The Hall–Kier alpha value is -2.05. The first-order valence-electron chi connectivity index (χ1n) is 9.22. The number of methoxy groups -OCH3 is 2. The van der Waals surface area contributed by atoms with Gasteiger partial charge in [0.25, 0.3) is 0 Å². The number of hydrogen-bond donors (Lipinski definition) is 3. The number of aliphatic imine (C=N–C) groups is 1. The van der Waals surface area contributed by atoms with Crippen LogP contribution in [0.5, 0.6) is 11.5 Å². The van der Waals surface area contributed by atoms with Crippen LogP contribution < -0.4 is 25.2 Å². The standard InChI is InChI=1S/C20H28N4O4S.HI/c1-4-22-20(24-14-16-5-8-17(9-6-16)29(21,25)26)23-12-11-15-7-10-18(27-2)19(13-15)28-3;/h5-10,13H,4,11-12,14H2,1-3H3,(H2,21,25,26)(H2,22,23,24);1H. The van der Waals surface area contributed by atoms with Crippen molar-refractivity contribution >= 4 is 40.0 Å². The van der Waals surface area contributed by atoms with Gasteiger partial charge in [-0.15, -0.1) is 24.0 Å². The molecule has 8 nitrogen and oxygen atoms in total. The van der Waals surface area contributed by atoms with E-state index in [0.29, 0.717) is 30.5 Å². The minimum absolute atomic E-state index is 0. The fourth-order valence-corrected chi connectivity index (χ4v) is 3.17. The number of hydrogen-bond acceptors (Lipinski definition) is 5. The Morgan fingerprint density at radius 3 is 2.20 bits per heavy atom. The zero-order chi connectivity index (χ0) is 21.3. The second kappa shape index (κ2) is 12.6. The summed E-state index contributed by atoms with van der Waals surface area (Å²) >= 11 is 0. The number of primary sulfonamides is 1. The Morgan fingerprint density at radius 2 is 1.63 bits per heavy atom. The SMILES string of the molecule is CCNC(=NCc1ccc(S(N)(=O)=O)cc1)NCCc1ccc(OC)c(OC)c1.I. The topological polar surface area (TPSA) is 115 Å². The van der Waals surface area contributed by atoms with Gasteiger partial charge in [0, 0.05) is 13.1 Å². The maximum absolute atomic E-state index is 11.3. The number of nitrogens with one attached hydrogen (secondary N) is 2. The fraction of sp³-hybridized carbons (Fsp3) is 0.350. The molecule has 0 aromatic heterocycles. The van der Waals surface area contributed by atoms with Gasteiger partial charge in [-0.1, -0.05) is 18.2 Å². The van der Waals surface area contributed by atoms with Crippen LogP contribution in [0, 0.1) is 0 Å². The van der Waals surface area contributed by atoms with Crippen molar-refractivity contribution in [3.05, 3.63) is 53.6 Å². The number of halogens is 1. The lowest BCUT2D eigenvalue weighted by molar-refractivity contribution is 0.354. The summed E-state index contributed by atoms with van der Waals surface area (Å²) in [6.07, 6.45) is 0.786. The summed E-state index contributed by atoms with van der Waals surface area (Å²) in [6.45, 7) is 3.82. The summed E-state index contributed by atoms with van der Waals surface area (Å²) in [5, 5.41) is 11.6. The van der Waals surface area contributed by atoms with Crippen LogP contribution in [0.3, 0.4) is 0 Å². The molecular formula is C20H29IN4O4S. The number of benzene rings is 2. The average molecular weight is 548 g/mol. The molecule has 166 valence electrons. The van der Waals surface area contributed by atoms with Crippen LogP contribution in [0.2, 0.25) is 0 Å². The number of guanidine groups is 1. The van der Waals surface area contributed by atoms with Gasteiger partial charge in [-0.05, 0) is 48.7 Å². The highest BCUT2D eigenvalue weighted by molar-refractivity contribution is 14.0. The third kappa shape index (κ3) is 8.00. The molecule has 30 heavy (non-hydrogen) atoms. The fourth-order valence-electron chi connectivity index (χ4n) is 2.66. The van der Waals surface area contributed by atoms with Crippen LogP contribution in [0.25, 0.3) is 0 Å². The van der Waals surface area contributed by atoms with Crippen molar-refractivity contribution in [2.45, 2.75) is 24.8 Å². The van der Waals surface area contributed by atoms with Gasteiger partial charge in [0.15, 0.2) is 17.5 Å². The maximum atomic E-state index is 11.3. The minimum atomic E-state index is -3.68. The number of nitrogens with two attached hydrogens (primary N) is 1. The lowest BCUT2D eigenvalue weighted by Gasteiger charge is -2.13. The third-order valence-electron chi connectivity index (χ3n) is 4.17. The van der Waals surface area contributed by atoms with E-state index in [1.807, 2.05) is 25.1 Å². The molecular weight excluding hydrogens is 519 g/mol. The first-order chi connectivity index (χ1) is 13.9. The molecule has 0 heterocycles. The molecule has 0 saturated carbocycles. The zero-order valence-electron chi connectivity index (χ0n) is 17.3. The lowest BCUT2D eigenvalue weighted by Crippen LogP contribution is -2.38. The Labute approximate surface area is 195 Å². The number of nitrogens with zero attached hydrogens (tertiary/aromatic N) is 1. The first kappa shape index (κ1) is 26.0. The van der Waals surface area contributed by atoms with Gasteiger partial charge in [0.2, 0.25) is 10.0 Å². The summed E-state index contributed by atoms with van der Waals surface area (Å²) in [5.74, 6) is 2.09. The van der Waals surface area contributed by atoms with Crippen molar-refractivity contribution in [2.24, 2.45) is 10.1 Å². The molecule has 0 amide bonds. The van der Waals surface area contributed by atoms with Gasteiger partial charge in [0.05, 0.1) is 25.7 Å². The second-order valence-corrected chi connectivity index (χ2v) is 7.81. The molecule has 10 heteroatoms. The monoisotopic (exact) mass is 548 g/mol. The molecule has 0 aliphatic rings. The van der Waals surface area contributed by atoms with Crippen LogP contribution in [0.4, 0.5) is 0 Å². The highest BCUT2D eigenvalue weighted by atomic mass is 127. The Kier molecular flexibility index (Phi) is 10.9. The van der Waals surface area contributed by atoms with Crippen LogP contribution in [0.15, 0.2) is 52.4 Å². The van der Waals surface area contributed by atoms with Crippen molar-refractivity contribution in [3.8, 4) is 11.5 Å². The third-order valence-corrected chi connectivity index (χ3v) is 5.10. The maximum Gasteiger partial charge on any atom is 0.238 e. The minimum Gasteiger partial charge on any atom is -0.493 e. The first-order valence-corrected chi connectivity index (χ1v) is 10.8. The van der Waals surface area contributed by atoms with E-state index in [2.05, 4.69) is 15.6 Å². The van der Waals surface area contributed by atoms with Crippen molar-refractivity contribution in [1.29, 1.82) is 0 Å². The summed E-state index contributed by atoms with van der Waals surface area (Å²) in [6, 6.07) is 12.2. The van der Waals surface area contributed by atoms with E-state index in [-0.39, 0.29) is 28.9 Å². The molecule has 0 aliphatic carbocycles. The largest absolute Gasteiger partial charge is 0.493 e. The molecule has 0 aliphatic heterocycles. The Morgan fingerprint density at radius 1 is 1.00 bits per heavy atom. The lowest BCUT2D eigenvalue weighted by atomic mass is 10.1. The smallest absolute Gasteiger partial charge is 0.238 e. The van der Waals surface area contributed by atoms with E-state index < -0.39 is 10.0 Å². The average Bonchev–Trinajstić information content (AvgIpc) is 2.71. The van der Waals surface area contributed by atoms with E-state index in [1.54, 1.807) is 26.4 Å². The Balaban J connectivity index is 0.00000450. The van der Waals surface area contributed by atoms with Crippen LogP contribution >= 0.6 is 24.0 Å². The summed E-state index contributed by atoms with van der Waals surface area (Å²) in [5.41, 5.74) is 2.00. The molecule has 0 unspecified atom stereocenters. The molecule has 0 fully saturated rings. The van der Waals surface area contributed by atoms with Gasteiger partial charge < -0.3 is 20.1 Å². The number of rotatable bonds is 9. The van der Waals surface area contributed by atoms with Crippen molar-refractivity contribution < 1.29 is 17.9 Å². The van der Waals surface area contributed by atoms with Gasteiger partial charge in [-0.3, -0.25) is 0 Å². The molecule has 0 atom stereocenters. The van der Waals surface area contributed by atoms with E-state index in [1.165, 1.54) is 12.1 Å². The van der Waals surface area contributed by atoms with Gasteiger partial charge in [-0.2, -0.15) is 0 Å². The van der Waals surface area contributed by atoms with Gasteiger partial charge in [0.1, 0.15) is 0 Å². The summed E-state index contributed by atoms with van der Waals surface area (Å²) in [7, 11) is -0.457. The quantitative estimate of drug-likeness (QED) is 0.252. The second-order valence-electron chi connectivity index (χ2n) is 6.25. The van der Waals surface area contributed by atoms with E-state index in [9.17, 15) is 8.42 Å². The van der Waals surface area contributed by atoms with Crippen molar-refractivity contribution in [1.82, 2.24) is 10.6 Å². The van der Waals surface area contributed by atoms with E-state index in [0.717, 1.165) is 24.1 Å². The highest BCUT2D eigenvalue weighted by Gasteiger charge is 2.07. The molecule has 2 rings (SSSR count). The van der Waals surface area contributed by atoms with E-state index >= 15 is 0 Å². The highest BCUT2D eigenvalue weighted by Crippen LogP contribution is 2.27. The van der Waals surface area contributed by atoms with Crippen LogP contribution in [-0.2, 0) is 23.0 Å².